The Balaban J connectivity index is 1.81. The number of nitrogens with one attached hydrogen (secondary N) is 2. The molecule has 2 aromatic rings. The van der Waals surface area contributed by atoms with Crippen LogP contribution in [0.3, 0.4) is 0 Å². The predicted molar refractivity (Wildman–Crippen MR) is 99.6 cm³/mol. The summed E-state index contributed by atoms with van der Waals surface area (Å²) in [4.78, 5) is 37.5. The summed E-state index contributed by atoms with van der Waals surface area (Å²) in [5.74, 6) is -5.50. The fourth-order valence-electron chi connectivity index (χ4n) is 4.49. The van der Waals surface area contributed by atoms with Gasteiger partial charge in [-0.1, -0.05) is 24.3 Å². The van der Waals surface area contributed by atoms with Gasteiger partial charge < -0.3 is 10.2 Å². The second kappa shape index (κ2) is 7.09. The first kappa shape index (κ1) is 20.9. The molecule has 0 aliphatic carbocycles. The average molecular weight is 434 g/mol. The first-order valence-electron chi connectivity index (χ1n) is 9.34. The number of benzene rings is 2. The lowest BCUT2D eigenvalue weighted by molar-refractivity contribution is -0.149. The number of fused-ring (bicyclic) bond motifs is 1. The van der Waals surface area contributed by atoms with E-state index in [9.17, 15) is 37.8 Å². The SMILES string of the molecule is O=C1NC(=O)C2C1C(c1cccc(C(F)(F)F)c1)NC2(Cc1ccc(O)cc1)C(=O)O. The van der Waals surface area contributed by atoms with E-state index in [2.05, 4.69) is 10.6 Å². The van der Waals surface area contributed by atoms with E-state index in [0.29, 0.717) is 5.56 Å². The number of carboxylic acids is 1. The van der Waals surface area contributed by atoms with Crippen LogP contribution < -0.4 is 10.6 Å². The molecular formula is C21H17F3N2O5. The molecule has 0 radical (unpaired) electrons. The maximum atomic E-state index is 13.2. The summed E-state index contributed by atoms with van der Waals surface area (Å²) in [6, 6.07) is 8.78. The number of carbonyl (C=O) groups is 3. The minimum atomic E-state index is -4.63. The molecule has 2 fully saturated rings. The van der Waals surface area contributed by atoms with E-state index in [0.717, 1.165) is 12.1 Å². The third kappa shape index (κ3) is 3.42. The van der Waals surface area contributed by atoms with Crippen molar-refractivity contribution in [2.24, 2.45) is 11.8 Å². The summed E-state index contributed by atoms with van der Waals surface area (Å²) < 4.78 is 39.6. The molecule has 4 rings (SSSR count). The van der Waals surface area contributed by atoms with Crippen LogP contribution >= 0.6 is 0 Å². The molecule has 4 N–H and O–H groups in total. The van der Waals surface area contributed by atoms with Crippen LogP contribution in [-0.2, 0) is 27.0 Å². The van der Waals surface area contributed by atoms with Crippen molar-refractivity contribution in [1.82, 2.24) is 10.6 Å². The zero-order valence-electron chi connectivity index (χ0n) is 15.8. The number of phenols is 1. The lowest BCUT2D eigenvalue weighted by Crippen LogP contribution is -2.57. The minimum Gasteiger partial charge on any atom is -0.508 e. The van der Waals surface area contributed by atoms with Gasteiger partial charge in [-0.05, 0) is 35.4 Å². The molecule has 4 atom stereocenters. The summed E-state index contributed by atoms with van der Waals surface area (Å²) in [5, 5.41) is 24.5. The molecule has 162 valence electrons. The van der Waals surface area contributed by atoms with Crippen molar-refractivity contribution >= 4 is 17.8 Å². The molecule has 0 bridgehead atoms. The van der Waals surface area contributed by atoms with Gasteiger partial charge in [-0.2, -0.15) is 13.2 Å². The number of aromatic hydroxyl groups is 1. The Morgan fingerprint density at radius 1 is 1.06 bits per heavy atom. The van der Waals surface area contributed by atoms with E-state index in [-0.39, 0.29) is 17.7 Å². The highest BCUT2D eigenvalue weighted by Crippen LogP contribution is 2.48. The van der Waals surface area contributed by atoms with E-state index < -0.39 is 52.9 Å². The molecule has 2 amide bonds. The third-order valence-corrected chi connectivity index (χ3v) is 5.87. The predicted octanol–water partition coefficient (Wildman–Crippen LogP) is 2.01. The van der Waals surface area contributed by atoms with Crippen LogP contribution in [0.2, 0.25) is 0 Å². The molecule has 4 unspecified atom stereocenters. The topological polar surface area (TPSA) is 116 Å². The van der Waals surface area contributed by atoms with Crippen LogP contribution in [0.4, 0.5) is 13.2 Å². The maximum absolute atomic E-state index is 13.2. The van der Waals surface area contributed by atoms with Crippen LogP contribution in [0.1, 0.15) is 22.7 Å². The molecule has 2 aliphatic rings. The molecular weight excluding hydrogens is 417 g/mol. The Bertz CT molecular complexity index is 1070. The molecule has 0 saturated carbocycles. The van der Waals surface area contributed by atoms with Crippen LogP contribution in [0.5, 0.6) is 5.75 Å². The molecule has 2 saturated heterocycles. The molecule has 2 heterocycles. The molecule has 0 spiro atoms. The normalized spacial score (nSPS) is 27.8. The van der Waals surface area contributed by atoms with E-state index in [1.165, 1.54) is 36.4 Å². The van der Waals surface area contributed by atoms with Crippen LogP contribution in [0.15, 0.2) is 48.5 Å². The van der Waals surface area contributed by atoms with Crippen molar-refractivity contribution in [2.45, 2.75) is 24.2 Å². The van der Waals surface area contributed by atoms with Gasteiger partial charge >= 0.3 is 12.1 Å². The number of halogens is 3. The van der Waals surface area contributed by atoms with Crippen LogP contribution in [-0.4, -0.2) is 33.5 Å². The lowest BCUT2D eigenvalue weighted by Gasteiger charge is -2.30. The second-order valence-electron chi connectivity index (χ2n) is 7.72. The Morgan fingerprint density at radius 2 is 1.74 bits per heavy atom. The number of hydrogen-bond donors (Lipinski definition) is 4. The number of carboxylic acid groups (broad SMARTS) is 1. The number of imide groups is 1. The van der Waals surface area contributed by atoms with Crippen LogP contribution in [0.25, 0.3) is 0 Å². The van der Waals surface area contributed by atoms with Crippen molar-refractivity contribution < 1.29 is 37.8 Å². The van der Waals surface area contributed by atoms with Gasteiger partial charge in [0.2, 0.25) is 11.8 Å². The summed E-state index contributed by atoms with van der Waals surface area (Å²) in [7, 11) is 0. The summed E-state index contributed by atoms with van der Waals surface area (Å²) >= 11 is 0. The molecule has 2 aliphatic heterocycles. The number of phenolic OH excluding ortho intramolecular Hbond substituents is 1. The lowest BCUT2D eigenvalue weighted by atomic mass is 9.76. The van der Waals surface area contributed by atoms with Gasteiger partial charge in [0.1, 0.15) is 11.3 Å². The van der Waals surface area contributed by atoms with Gasteiger partial charge in [0, 0.05) is 12.5 Å². The Labute approximate surface area is 173 Å². The van der Waals surface area contributed by atoms with Gasteiger partial charge in [0.05, 0.1) is 17.4 Å². The zero-order valence-corrected chi connectivity index (χ0v) is 15.8. The highest BCUT2D eigenvalue weighted by atomic mass is 19.4. The molecule has 2 aromatic carbocycles. The summed E-state index contributed by atoms with van der Waals surface area (Å²) in [6.45, 7) is 0. The fourth-order valence-corrected chi connectivity index (χ4v) is 4.49. The number of hydrogen-bond acceptors (Lipinski definition) is 5. The highest BCUT2D eigenvalue weighted by Gasteiger charge is 2.66. The van der Waals surface area contributed by atoms with Gasteiger partial charge in [-0.15, -0.1) is 0 Å². The van der Waals surface area contributed by atoms with E-state index in [4.69, 9.17) is 0 Å². The molecule has 31 heavy (non-hydrogen) atoms. The Hall–Kier alpha value is -3.40. The highest BCUT2D eigenvalue weighted by molar-refractivity contribution is 6.09. The summed E-state index contributed by atoms with van der Waals surface area (Å²) in [5.41, 5.74) is -2.36. The standard InChI is InChI=1S/C21H17F3N2O5/c22-21(23,24)12-3-1-2-11(8-12)16-14-15(18(29)25-17(14)28)20(26-16,19(30)31)9-10-4-6-13(27)7-5-10/h1-8,14-16,26-27H,9H2,(H,30,31)(H,25,28,29). The van der Waals surface area contributed by atoms with Crippen molar-refractivity contribution in [1.29, 1.82) is 0 Å². The first-order valence-corrected chi connectivity index (χ1v) is 9.34. The van der Waals surface area contributed by atoms with Crippen molar-refractivity contribution in [3.63, 3.8) is 0 Å². The third-order valence-electron chi connectivity index (χ3n) is 5.87. The van der Waals surface area contributed by atoms with Gasteiger partial charge in [0.25, 0.3) is 0 Å². The zero-order chi connectivity index (χ0) is 22.6. The van der Waals surface area contributed by atoms with E-state index in [1.807, 2.05) is 0 Å². The van der Waals surface area contributed by atoms with Crippen LogP contribution in [0, 0.1) is 11.8 Å². The van der Waals surface area contributed by atoms with E-state index in [1.54, 1.807) is 0 Å². The largest absolute Gasteiger partial charge is 0.508 e. The van der Waals surface area contributed by atoms with Crippen molar-refractivity contribution in [3.8, 4) is 5.75 Å². The van der Waals surface area contributed by atoms with Gasteiger partial charge in [-0.25, -0.2) is 0 Å². The number of alkyl halides is 3. The minimum absolute atomic E-state index is 0.0407. The Morgan fingerprint density at radius 3 is 2.35 bits per heavy atom. The number of carbonyl (C=O) groups excluding carboxylic acids is 2. The number of rotatable bonds is 4. The number of amides is 2. The second-order valence-corrected chi connectivity index (χ2v) is 7.72. The summed E-state index contributed by atoms with van der Waals surface area (Å²) in [6.07, 6.45) is -4.85. The van der Waals surface area contributed by atoms with Gasteiger partial charge in [0.15, 0.2) is 0 Å². The average Bonchev–Trinajstić information content (AvgIpc) is 3.20. The molecule has 10 heteroatoms. The van der Waals surface area contributed by atoms with Crippen molar-refractivity contribution in [3.05, 3.63) is 65.2 Å². The quantitative estimate of drug-likeness (QED) is 0.548. The van der Waals surface area contributed by atoms with Gasteiger partial charge in [-0.3, -0.25) is 25.0 Å². The smallest absolute Gasteiger partial charge is 0.416 e. The molecule has 7 nitrogen and oxygen atoms in total. The van der Waals surface area contributed by atoms with E-state index >= 15 is 0 Å². The Kier molecular flexibility index (Phi) is 4.77. The molecule has 0 aromatic heterocycles. The maximum Gasteiger partial charge on any atom is 0.416 e. The number of aliphatic carboxylic acids is 1. The fraction of sp³-hybridized carbons (Fsp3) is 0.286. The monoisotopic (exact) mass is 434 g/mol. The van der Waals surface area contributed by atoms with Crippen molar-refractivity contribution in [2.75, 3.05) is 0 Å². The first-order chi connectivity index (χ1) is 14.5.